The lowest BCUT2D eigenvalue weighted by Crippen LogP contribution is -2.22. The van der Waals surface area contributed by atoms with E-state index in [-0.39, 0.29) is 21.7 Å². The topological polar surface area (TPSA) is 15.6 Å². The normalized spacial score (nSPS) is 13.0. The number of halogens is 8. The van der Waals surface area contributed by atoms with Gasteiger partial charge in [-0.15, -0.1) is 0 Å². The third-order valence-electron chi connectivity index (χ3n) is 3.33. The Labute approximate surface area is 154 Å². The quantitative estimate of drug-likeness (QED) is 0.230. The lowest BCUT2D eigenvalue weighted by molar-refractivity contribution is -0.138. The summed E-state index contributed by atoms with van der Waals surface area (Å²) in [6, 6.07) is 6.62. The predicted octanol–water partition coefficient (Wildman–Crippen LogP) is 6.74. The van der Waals surface area contributed by atoms with Crippen molar-refractivity contribution in [3.63, 3.8) is 0 Å². The molecule has 0 aromatic heterocycles. The van der Waals surface area contributed by atoms with Crippen molar-refractivity contribution in [3.05, 3.63) is 58.6 Å². The first-order chi connectivity index (χ1) is 11.9. The fourth-order valence-corrected chi connectivity index (χ4v) is 2.46. The van der Waals surface area contributed by atoms with E-state index in [0.717, 1.165) is 42.5 Å². The van der Waals surface area contributed by atoms with E-state index in [1.54, 1.807) is 0 Å². The molecule has 2 nitrogen and oxygen atoms in total. The molecular formula is C16H10Cl2F6N2. The van der Waals surface area contributed by atoms with Crippen molar-refractivity contribution < 1.29 is 26.3 Å². The number of anilines is 1. The van der Waals surface area contributed by atoms with E-state index in [9.17, 15) is 26.3 Å². The Morgan fingerprint density at radius 3 is 1.85 bits per heavy atom. The first kappa shape index (κ1) is 20.4. The molecule has 0 saturated carbocycles. The highest BCUT2D eigenvalue weighted by molar-refractivity contribution is 6.68. The monoisotopic (exact) mass is 414 g/mol. The summed E-state index contributed by atoms with van der Waals surface area (Å²) in [5, 5.41) is -0.394. The Bertz CT molecular complexity index is 813. The summed E-state index contributed by atoms with van der Waals surface area (Å²) >= 11 is 11.9. The number of hydrogen-bond acceptors (Lipinski definition) is 1. The summed E-state index contributed by atoms with van der Waals surface area (Å²) in [6.45, 7) is 0. The fraction of sp³-hybridized carbons (Fsp3) is 0.188. The van der Waals surface area contributed by atoms with E-state index < -0.39 is 23.5 Å². The number of amidine groups is 1. The number of nitrogens with zero attached hydrogens (tertiary/aromatic N) is 2. The van der Waals surface area contributed by atoms with Gasteiger partial charge < -0.3 is 4.90 Å². The molecule has 0 aliphatic carbocycles. The second-order valence-electron chi connectivity index (χ2n) is 5.15. The average Bonchev–Trinajstić information content (AvgIpc) is 2.53. The highest BCUT2D eigenvalue weighted by Crippen LogP contribution is 2.35. The highest BCUT2D eigenvalue weighted by atomic mass is 35.5. The van der Waals surface area contributed by atoms with E-state index in [1.165, 1.54) is 11.9 Å². The standard InChI is InChI=1S/C16H10Cl2F6N2/c1-26(13-7-4-10(8-12(13)17)16(22,23)24)14(18)25-11-5-2-9(3-6-11)15(19,20)21/h2-8H,1H3/b25-14+. The first-order valence-electron chi connectivity index (χ1n) is 6.91. The molecule has 0 bridgehead atoms. The molecule has 2 aromatic carbocycles. The fourth-order valence-electron chi connectivity index (χ4n) is 1.96. The van der Waals surface area contributed by atoms with Crippen LogP contribution in [0.15, 0.2) is 47.5 Å². The molecule has 0 fully saturated rings. The van der Waals surface area contributed by atoms with Gasteiger partial charge in [-0.2, -0.15) is 26.3 Å². The van der Waals surface area contributed by atoms with E-state index in [2.05, 4.69) is 4.99 Å². The van der Waals surface area contributed by atoms with Gasteiger partial charge in [0.05, 0.1) is 27.5 Å². The average molecular weight is 415 g/mol. The maximum Gasteiger partial charge on any atom is 0.416 e. The van der Waals surface area contributed by atoms with Crippen LogP contribution in [0.2, 0.25) is 5.02 Å². The smallest absolute Gasteiger partial charge is 0.318 e. The molecule has 0 spiro atoms. The van der Waals surface area contributed by atoms with Gasteiger partial charge in [-0.3, -0.25) is 0 Å². The first-order valence-corrected chi connectivity index (χ1v) is 7.67. The number of hydrogen-bond donors (Lipinski definition) is 0. The third kappa shape index (κ3) is 4.82. The Hall–Kier alpha value is -1.93. The van der Waals surface area contributed by atoms with E-state index >= 15 is 0 Å². The molecule has 0 radical (unpaired) electrons. The van der Waals surface area contributed by atoms with Crippen molar-refractivity contribution in [1.29, 1.82) is 0 Å². The Morgan fingerprint density at radius 2 is 1.38 bits per heavy atom. The van der Waals surface area contributed by atoms with Gasteiger partial charge in [-0.05, 0) is 54.1 Å². The molecule has 26 heavy (non-hydrogen) atoms. The largest absolute Gasteiger partial charge is 0.416 e. The van der Waals surface area contributed by atoms with Crippen LogP contribution in [0.1, 0.15) is 11.1 Å². The van der Waals surface area contributed by atoms with Gasteiger partial charge in [-0.1, -0.05) is 11.6 Å². The molecule has 0 unspecified atom stereocenters. The van der Waals surface area contributed by atoms with Crippen LogP contribution in [-0.4, -0.2) is 12.3 Å². The number of alkyl halides is 6. The van der Waals surface area contributed by atoms with Crippen molar-refractivity contribution in [2.75, 3.05) is 11.9 Å². The Kier molecular flexibility index (Phi) is 5.77. The van der Waals surface area contributed by atoms with Gasteiger partial charge in [0.15, 0.2) is 0 Å². The molecule has 0 heterocycles. The van der Waals surface area contributed by atoms with Crippen LogP contribution in [0.3, 0.4) is 0 Å². The van der Waals surface area contributed by atoms with Crippen molar-refractivity contribution >= 4 is 39.9 Å². The minimum absolute atomic E-state index is 0.137. The lowest BCUT2D eigenvalue weighted by Gasteiger charge is -2.19. The Morgan fingerprint density at radius 1 is 0.885 bits per heavy atom. The third-order valence-corrected chi connectivity index (χ3v) is 3.97. The van der Waals surface area contributed by atoms with Crippen LogP contribution in [0.4, 0.5) is 37.7 Å². The number of aliphatic imine (C=N–C) groups is 1. The summed E-state index contributed by atoms with van der Waals surface area (Å²) in [4.78, 5) is 5.14. The van der Waals surface area contributed by atoms with Crippen LogP contribution in [0, 0.1) is 0 Å². The van der Waals surface area contributed by atoms with Gasteiger partial charge in [0.25, 0.3) is 0 Å². The molecule has 0 amide bonds. The minimum Gasteiger partial charge on any atom is -0.318 e. The zero-order valence-corrected chi connectivity index (χ0v) is 14.5. The summed E-state index contributed by atoms with van der Waals surface area (Å²) in [5.74, 6) is 0. The SMILES string of the molecule is CN(/C(Cl)=N/c1ccc(C(F)(F)F)cc1)c1ccc(C(F)(F)F)cc1Cl. The van der Waals surface area contributed by atoms with E-state index in [1.807, 2.05) is 0 Å². The summed E-state index contributed by atoms with van der Waals surface area (Å²) in [7, 11) is 1.41. The van der Waals surface area contributed by atoms with Gasteiger partial charge in [0.1, 0.15) is 0 Å². The number of benzene rings is 2. The second kappa shape index (κ2) is 7.36. The molecule has 140 valence electrons. The summed E-state index contributed by atoms with van der Waals surface area (Å²) in [5.41, 5.74) is -1.47. The van der Waals surface area contributed by atoms with Crippen molar-refractivity contribution in [2.45, 2.75) is 12.4 Å². The lowest BCUT2D eigenvalue weighted by atomic mass is 10.2. The van der Waals surface area contributed by atoms with Crippen LogP contribution >= 0.6 is 23.2 Å². The van der Waals surface area contributed by atoms with Gasteiger partial charge >= 0.3 is 12.4 Å². The maximum absolute atomic E-state index is 12.7. The van der Waals surface area contributed by atoms with Crippen molar-refractivity contribution in [1.82, 2.24) is 0 Å². The molecular weight excluding hydrogens is 405 g/mol. The molecule has 0 N–H and O–H groups in total. The minimum atomic E-state index is -4.54. The predicted molar refractivity (Wildman–Crippen MR) is 89.2 cm³/mol. The van der Waals surface area contributed by atoms with Crippen LogP contribution < -0.4 is 4.90 Å². The van der Waals surface area contributed by atoms with E-state index in [4.69, 9.17) is 23.2 Å². The molecule has 2 aromatic rings. The van der Waals surface area contributed by atoms with Crippen molar-refractivity contribution in [3.8, 4) is 0 Å². The second-order valence-corrected chi connectivity index (χ2v) is 5.89. The van der Waals surface area contributed by atoms with Crippen LogP contribution in [0.5, 0.6) is 0 Å². The van der Waals surface area contributed by atoms with Gasteiger partial charge in [0.2, 0.25) is 5.29 Å². The molecule has 0 aliphatic heterocycles. The number of rotatable bonds is 2. The van der Waals surface area contributed by atoms with Crippen LogP contribution in [0.25, 0.3) is 0 Å². The highest BCUT2D eigenvalue weighted by Gasteiger charge is 2.31. The van der Waals surface area contributed by atoms with E-state index in [0.29, 0.717) is 0 Å². The molecule has 2 rings (SSSR count). The molecule has 0 aliphatic rings. The van der Waals surface area contributed by atoms with Crippen LogP contribution in [-0.2, 0) is 12.4 Å². The maximum atomic E-state index is 12.7. The van der Waals surface area contributed by atoms with Crippen molar-refractivity contribution in [2.24, 2.45) is 4.99 Å². The summed E-state index contributed by atoms with van der Waals surface area (Å²) in [6.07, 6.45) is -9.02. The zero-order chi connectivity index (χ0) is 19.7. The molecule has 0 atom stereocenters. The zero-order valence-electron chi connectivity index (χ0n) is 13.0. The molecule has 10 heteroatoms. The molecule has 0 saturated heterocycles. The van der Waals surface area contributed by atoms with Gasteiger partial charge in [-0.25, -0.2) is 4.99 Å². The summed E-state index contributed by atoms with van der Waals surface area (Å²) < 4.78 is 75.6. The van der Waals surface area contributed by atoms with Gasteiger partial charge in [0, 0.05) is 7.05 Å². The Balaban J connectivity index is 2.26.